The van der Waals surface area contributed by atoms with E-state index in [0.29, 0.717) is 5.57 Å². The molecule has 0 aromatic heterocycles. The summed E-state index contributed by atoms with van der Waals surface area (Å²) in [7, 11) is 0. The standard InChI is InChI=1S/C33H22N2S/c34-23-28(33(25-11-3-1-4-12-25)26-13-5-2-6-14-26)24-19-21-27(22-20-24)35-29-15-7-9-17-31(29)36-32-18-10-8-16-30(32)35/h1-22H. The third-order valence-corrected chi connectivity index (χ3v) is 7.46. The lowest BCUT2D eigenvalue weighted by Crippen LogP contribution is -2.14. The Balaban J connectivity index is 1.48. The van der Waals surface area contributed by atoms with Crippen LogP contribution < -0.4 is 4.90 Å². The van der Waals surface area contributed by atoms with Crippen molar-refractivity contribution >= 4 is 40.0 Å². The number of hydrogen-bond donors (Lipinski definition) is 0. The minimum atomic E-state index is 0.661. The molecule has 0 saturated heterocycles. The van der Waals surface area contributed by atoms with Crippen LogP contribution in [0.25, 0.3) is 11.1 Å². The van der Waals surface area contributed by atoms with Gasteiger partial charge in [-0.25, -0.2) is 0 Å². The lowest BCUT2D eigenvalue weighted by atomic mass is 9.90. The van der Waals surface area contributed by atoms with Crippen molar-refractivity contribution in [2.24, 2.45) is 0 Å². The van der Waals surface area contributed by atoms with Crippen molar-refractivity contribution in [1.82, 2.24) is 0 Å². The fourth-order valence-electron chi connectivity index (χ4n) is 4.69. The summed E-state index contributed by atoms with van der Waals surface area (Å²) >= 11 is 1.80. The van der Waals surface area contributed by atoms with Gasteiger partial charge in [0.2, 0.25) is 0 Å². The maximum atomic E-state index is 10.3. The molecule has 5 aromatic carbocycles. The van der Waals surface area contributed by atoms with E-state index in [1.54, 1.807) is 11.8 Å². The van der Waals surface area contributed by atoms with Gasteiger partial charge in [-0.05, 0) is 53.1 Å². The fraction of sp³-hybridized carbons (Fsp3) is 0. The van der Waals surface area contributed by atoms with E-state index in [0.717, 1.165) is 28.0 Å². The molecule has 3 heteroatoms. The Morgan fingerprint density at radius 1 is 0.528 bits per heavy atom. The molecule has 0 fully saturated rings. The first-order valence-electron chi connectivity index (χ1n) is 11.9. The van der Waals surface area contributed by atoms with Crippen LogP contribution in [-0.4, -0.2) is 0 Å². The van der Waals surface area contributed by atoms with Crippen LogP contribution in [0.4, 0.5) is 17.1 Å². The molecular formula is C33H22N2S. The van der Waals surface area contributed by atoms with Gasteiger partial charge in [-0.3, -0.25) is 0 Å². The Hall–Kier alpha value is -4.52. The lowest BCUT2D eigenvalue weighted by Gasteiger charge is -2.32. The minimum Gasteiger partial charge on any atom is -0.308 e. The number of allylic oxidation sites excluding steroid dienone is 1. The summed E-state index contributed by atoms with van der Waals surface area (Å²) in [6.07, 6.45) is 0. The molecule has 6 rings (SSSR count). The summed E-state index contributed by atoms with van der Waals surface area (Å²) in [5.41, 5.74) is 7.96. The van der Waals surface area contributed by atoms with Crippen LogP contribution in [0.5, 0.6) is 0 Å². The molecule has 0 bridgehead atoms. The molecule has 0 N–H and O–H groups in total. The largest absolute Gasteiger partial charge is 0.308 e. The van der Waals surface area contributed by atoms with Crippen LogP contribution in [0.1, 0.15) is 16.7 Å². The molecule has 0 saturated carbocycles. The number of nitrogens with zero attached hydrogens (tertiary/aromatic N) is 2. The first-order chi connectivity index (χ1) is 17.8. The zero-order chi connectivity index (χ0) is 24.3. The van der Waals surface area contributed by atoms with E-state index in [1.165, 1.54) is 21.2 Å². The molecule has 1 heterocycles. The molecule has 0 spiro atoms. The Morgan fingerprint density at radius 3 is 1.50 bits per heavy atom. The van der Waals surface area contributed by atoms with Crippen LogP contribution in [0.3, 0.4) is 0 Å². The maximum Gasteiger partial charge on any atom is 0.100 e. The van der Waals surface area contributed by atoms with Gasteiger partial charge in [0.15, 0.2) is 0 Å². The SMILES string of the molecule is N#CC(=C(c1ccccc1)c1ccccc1)c1ccc(N2c3ccccc3Sc3ccccc32)cc1. The van der Waals surface area contributed by atoms with Crippen molar-refractivity contribution in [2.75, 3.05) is 4.90 Å². The molecule has 36 heavy (non-hydrogen) atoms. The minimum absolute atomic E-state index is 0.661. The molecule has 2 nitrogen and oxygen atoms in total. The highest BCUT2D eigenvalue weighted by molar-refractivity contribution is 7.99. The average Bonchev–Trinajstić information content (AvgIpc) is 2.95. The van der Waals surface area contributed by atoms with Gasteiger partial charge in [-0.15, -0.1) is 0 Å². The summed E-state index contributed by atoms with van der Waals surface area (Å²) in [5, 5.41) is 10.3. The monoisotopic (exact) mass is 478 g/mol. The van der Waals surface area contributed by atoms with Crippen molar-refractivity contribution in [3.8, 4) is 6.07 Å². The van der Waals surface area contributed by atoms with Gasteiger partial charge in [0.1, 0.15) is 6.07 Å². The van der Waals surface area contributed by atoms with Crippen LogP contribution >= 0.6 is 11.8 Å². The van der Waals surface area contributed by atoms with Gasteiger partial charge >= 0.3 is 0 Å². The normalized spacial score (nSPS) is 11.7. The highest BCUT2D eigenvalue weighted by Gasteiger charge is 2.24. The molecule has 0 aliphatic carbocycles. The van der Waals surface area contributed by atoms with Crippen LogP contribution in [-0.2, 0) is 0 Å². The Labute approximate surface area is 215 Å². The Bertz CT molecular complexity index is 1510. The molecule has 1 aliphatic rings. The van der Waals surface area contributed by atoms with Crippen molar-refractivity contribution in [3.63, 3.8) is 0 Å². The number of benzene rings is 5. The topological polar surface area (TPSA) is 27.0 Å². The third-order valence-electron chi connectivity index (χ3n) is 6.33. The second kappa shape index (κ2) is 9.62. The summed E-state index contributed by atoms with van der Waals surface area (Å²) < 4.78 is 0. The van der Waals surface area contributed by atoms with Gasteiger partial charge in [0.25, 0.3) is 0 Å². The number of rotatable bonds is 4. The summed E-state index contributed by atoms with van der Waals surface area (Å²) in [6.45, 7) is 0. The fourth-order valence-corrected chi connectivity index (χ4v) is 5.75. The lowest BCUT2D eigenvalue weighted by molar-refractivity contribution is 1.17. The van der Waals surface area contributed by atoms with Crippen LogP contribution in [0, 0.1) is 11.3 Å². The molecule has 1 aliphatic heterocycles. The molecule has 0 radical (unpaired) electrons. The number of hydrogen-bond acceptors (Lipinski definition) is 3. The van der Waals surface area contributed by atoms with Crippen molar-refractivity contribution in [3.05, 3.63) is 150 Å². The summed E-state index contributed by atoms with van der Waals surface area (Å²) in [5.74, 6) is 0. The number of nitriles is 1. The van der Waals surface area contributed by atoms with Crippen LogP contribution in [0.2, 0.25) is 0 Å². The molecule has 0 amide bonds. The quantitative estimate of drug-likeness (QED) is 0.187. The van der Waals surface area contributed by atoms with E-state index < -0.39 is 0 Å². The van der Waals surface area contributed by atoms with Gasteiger partial charge in [-0.1, -0.05) is 109 Å². The Morgan fingerprint density at radius 2 is 1.00 bits per heavy atom. The predicted molar refractivity (Wildman–Crippen MR) is 150 cm³/mol. The van der Waals surface area contributed by atoms with E-state index in [-0.39, 0.29) is 0 Å². The highest BCUT2D eigenvalue weighted by atomic mass is 32.2. The van der Waals surface area contributed by atoms with Gasteiger partial charge < -0.3 is 4.90 Å². The van der Waals surface area contributed by atoms with Gasteiger partial charge in [0.05, 0.1) is 16.9 Å². The predicted octanol–water partition coefficient (Wildman–Crippen LogP) is 9.10. The Kier molecular flexibility index (Phi) is 5.87. The first kappa shape index (κ1) is 22.0. The maximum absolute atomic E-state index is 10.3. The summed E-state index contributed by atoms with van der Waals surface area (Å²) in [6, 6.07) is 48.2. The van der Waals surface area contributed by atoms with E-state index in [2.05, 4.69) is 108 Å². The highest BCUT2D eigenvalue weighted by Crippen LogP contribution is 2.51. The average molecular weight is 479 g/mol. The van der Waals surface area contributed by atoms with Crippen molar-refractivity contribution in [1.29, 1.82) is 5.26 Å². The smallest absolute Gasteiger partial charge is 0.100 e. The molecule has 0 unspecified atom stereocenters. The zero-order valence-electron chi connectivity index (χ0n) is 19.5. The number of para-hydroxylation sites is 2. The van der Waals surface area contributed by atoms with E-state index >= 15 is 0 Å². The number of fused-ring (bicyclic) bond motifs is 2. The molecule has 170 valence electrons. The van der Waals surface area contributed by atoms with E-state index in [9.17, 15) is 5.26 Å². The van der Waals surface area contributed by atoms with Gasteiger partial charge in [0, 0.05) is 21.1 Å². The number of anilines is 3. The van der Waals surface area contributed by atoms with Crippen molar-refractivity contribution in [2.45, 2.75) is 9.79 Å². The van der Waals surface area contributed by atoms with E-state index in [1.807, 2.05) is 36.4 Å². The second-order valence-electron chi connectivity index (χ2n) is 8.51. The van der Waals surface area contributed by atoms with E-state index in [4.69, 9.17) is 0 Å². The first-order valence-corrected chi connectivity index (χ1v) is 12.7. The molecule has 5 aromatic rings. The molecule has 0 atom stereocenters. The van der Waals surface area contributed by atoms with Gasteiger partial charge in [-0.2, -0.15) is 5.26 Å². The zero-order valence-corrected chi connectivity index (χ0v) is 20.3. The second-order valence-corrected chi connectivity index (χ2v) is 9.60. The third kappa shape index (κ3) is 3.98. The van der Waals surface area contributed by atoms with Crippen LogP contribution in [0.15, 0.2) is 143 Å². The molecular weight excluding hydrogens is 456 g/mol. The van der Waals surface area contributed by atoms with Crippen molar-refractivity contribution < 1.29 is 0 Å². The summed E-state index contributed by atoms with van der Waals surface area (Å²) in [4.78, 5) is 4.76.